The number of rotatable bonds is 2. The van der Waals surface area contributed by atoms with Gasteiger partial charge in [0.25, 0.3) is 0 Å². The van der Waals surface area contributed by atoms with Gasteiger partial charge in [0.2, 0.25) is 0 Å². The van der Waals surface area contributed by atoms with Crippen molar-refractivity contribution in [2.24, 2.45) is 0 Å². The molecular formula is C8H18N2OS. The van der Waals surface area contributed by atoms with Gasteiger partial charge in [0.05, 0.1) is 0 Å². The van der Waals surface area contributed by atoms with Crippen LogP contribution in [0.2, 0.25) is 0 Å². The van der Waals surface area contributed by atoms with Crippen LogP contribution < -0.4 is 0 Å². The van der Waals surface area contributed by atoms with E-state index in [1.54, 1.807) is 4.31 Å². The van der Waals surface area contributed by atoms with Gasteiger partial charge in [-0.15, -0.1) is 0 Å². The Labute approximate surface area is 75.3 Å². The van der Waals surface area contributed by atoms with E-state index in [1.807, 2.05) is 7.05 Å². The van der Waals surface area contributed by atoms with Crippen LogP contribution >= 0.6 is 0 Å². The molecule has 0 bridgehead atoms. The third kappa shape index (κ3) is 2.45. The summed E-state index contributed by atoms with van der Waals surface area (Å²) in [6.45, 7) is 0. The number of hydrogen-bond acceptors (Lipinski definition) is 2. The van der Waals surface area contributed by atoms with Gasteiger partial charge in [0.1, 0.15) is 9.92 Å². The van der Waals surface area contributed by atoms with Crippen molar-refractivity contribution in [2.45, 2.75) is 38.1 Å². The lowest BCUT2D eigenvalue weighted by Crippen LogP contribution is -2.36. The Hall–Kier alpha value is -0.0900. The lowest BCUT2D eigenvalue weighted by Gasteiger charge is -2.30. The molecule has 0 amide bonds. The topological polar surface area (TPSA) is 44.2 Å². The first kappa shape index (κ1) is 9.99. The van der Waals surface area contributed by atoms with Gasteiger partial charge >= 0.3 is 0 Å². The minimum absolute atomic E-state index is 0.383. The van der Waals surface area contributed by atoms with Crippen molar-refractivity contribution < 1.29 is 4.21 Å². The van der Waals surface area contributed by atoms with Crippen LogP contribution in [0.15, 0.2) is 0 Å². The van der Waals surface area contributed by atoms with Gasteiger partial charge in [0.15, 0.2) is 0 Å². The van der Waals surface area contributed by atoms with Gasteiger partial charge in [-0.05, 0) is 12.8 Å². The van der Waals surface area contributed by atoms with Gasteiger partial charge in [-0.25, -0.2) is 13.3 Å². The summed E-state index contributed by atoms with van der Waals surface area (Å²) in [5.74, 6) is 0. The zero-order chi connectivity index (χ0) is 9.19. The molecule has 0 aromatic rings. The van der Waals surface area contributed by atoms with E-state index in [0.717, 1.165) is 12.8 Å². The molecule has 1 atom stereocenters. The molecule has 0 aliphatic heterocycles. The summed E-state index contributed by atoms with van der Waals surface area (Å²) in [7, 11) is -0.658. The van der Waals surface area contributed by atoms with Crippen molar-refractivity contribution in [3.63, 3.8) is 0 Å². The zero-order valence-electron chi connectivity index (χ0n) is 7.88. The van der Waals surface area contributed by atoms with Crippen molar-refractivity contribution in [1.82, 2.24) is 4.31 Å². The molecule has 1 aliphatic carbocycles. The van der Waals surface area contributed by atoms with Crippen LogP contribution in [-0.2, 0) is 9.92 Å². The highest BCUT2D eigenvalue weighted by molar-refractivity contribution is 7.89. The second kappa shape index (κ2) is 3.75. The lowest BCUT2D eigenvalue weighted by atomic mass is 9.96. The Morgan fingerprint density at radius 1 is 1.33 bits per heavy atom. The van der Waals surface area contributed by atoms with Crippen molar-refractivity contribution in [1.29, 1.82) is 4.78 Å². The number of hydrogen-bond donors (Lipinski definition) is 1. The van der Waals surface area contributed by atoms with Crippen LogP contribution in [0.25, 0.3) is 0 Å². The molecule has 1 unspecified atom stereocenters. The third-order valence-corrected chi connectivity index (χ3v) is 4.04. The van der Waals surface area contributed by atoms with Crippen LogP contribution in [0.5, 0.6) is 0 Å². The molecular weight excluding hydrogens is 172 g/mol. The molecule has 1 aliphatic rings. The molecule has 1 rings (SSSR count). The molecule has 0 heterocycles. The van der Waals surface area contributed by atoms with Gasteiger partial charge in [-0.3, -0.25) is 0 Å². The summed E-state index contributed by atoms with van der Waals surface area (Å²) in [5.41, 5.74) is 0. The molecule has 1 saturated carbocycles. The fourth-order valence-corrected chi connectivity index (χ4v) is 2.51. The molecule has 1 fully saturated rings. The van der Waals surface area contributed by atoms with E-state index in [-0.39, 0.29) is 0 Å². The van der Waals surface area contributed by atoms with Crippen LogP contribution in [0.3, 0.4) is 0 Å². The van der Waals surface area contributed by atoms with E-state index < -0.39 is 9.92 Å². The van der Waals surface area contributed by atoms with E-state index in [9.17, 15) is 4.21 Å². The molecule has 0 saturated heterocycles. The molecule has 1 N–H and O–H groups in total. The Balaban J connectivity index is 2.57. The molecule has 12 heavy (non-hydrogen) atoms. The van der Waals surface area contributed by atoms with Crippen LogP contribution in [0.1, 0.15) is 32.1 Å². The molecule has 0 aromatic carbocycles. The maximum absolute atomic E-state index is 11.4. The Kier molecular flexibility index (Phi) is 3.12. The van der Waals surface area contributed by atoms with E-state index in [4.69, 9.17) is 4.78 Å². The Morgan fingerprint density at radius 2 is 1.83 bits per heavy atom. The Morgan fingerprint density at radius 3 is 2.25 bits per heavy atom. The summed E-state index contributed by atoms with van der Waals surface area (Å²) in [6, 6.07) is 0.383. The molecule has 3 nitrogen and oxygen atoms in total. The predicted octanol–water partition coefficient (Wildman–Crippen LogP) is 1.84. The first-order valence-electron chi connectivity index (χ1n) is 4.48. The standard InChI is InChI=1S/C8H18N2OS/c1-10(12(2,9)11)8-6-4-3-5-7-8/h8-9H,3-7H2,1-2H3. The average Bonchev–Trinajstić information content (AvgIpc) is 2.03. The first-order chi connectivity index (χ1) is 5.52. The fourth-order valence-electron chi connectivity index (χ4n) is 1.73. The largest absolute Gasteiger partial charge is 0.240 e. The van der Waals surface area contributed by atoms with Gasteiger partial charge in [-0.2, -0.15) is 0 Å². The zero-order valence-corrected chi connectivity index (χ0v) is 8.69. The minimum atomic E-state index is -2.47. The molecule has 72 valence electrons. The molecule has 0 spiro atoms. The minimum Gasteiger partial charge on any atom is -0.240 e. The predicted molar refractivity (Wildman–Crippen MR) is 51.4 cm³/mol. The van der Waals surface area contributed by atoms with Crippen molar-refractivity contribution in [2.75, 3.05) is 13.3 Å². The highest BCUT2D eigenvalue weighted by atomic mass is 32.2. The van der Waals surface area contributed by atoms with Gasteiger partial charge in [0, 0.05) is 19.3 Å². The molecule has 4 heteroatoms. The Bertz CT molecular complexity index is 229. The SMILES string of the molecule is CN(C1CCCCC1)S(C)(=N)=O. The maximum Gasteiger partial charge on any atom is 0.104 e. The van der Waals surface area contributed by atoms with Gasteiger partial charge < -0.3 is 0 Å². The van der Waals surface area contributed by atoms with E-state index in [0.29, 0.717) is 6.04 Å². The number of nitrogens with one attached hydrogen (secondary N) is 1. The second-order valence-corrected chi connectivity index (χ2v) is 5.82. The van der Waals surface area contributed by atoms with Crippen LogP contribution in [0, 0.1) is 4.78 Å². The summed E-state index contributed by atoms with van der Waals surface area (Å²) in [5, 5.41) is 0. The lowest BCUT2D eigenvalue weighted by molar-refractivity contribution is 0.294. The molecule has 0 radical (unpaired) electrons. The van der Waals surface area contributed by atoms with Crippen LogP contribution in [-0.4, -0.2) is 27.9 Å². The van der Waals surface area contributed by atoms with E-state index in [1.165, 1.54) is 25.5 Å². The van der Waals surface area contributed by atoms with Crippen molar-refractivity contribution in [3.05, 3.63) is 0 Å². The summed E-state index contributed by atoms with van der Waals surface area (Å²) in [4.78, 5) is 0. The van der Waals surface area contributed by atoms with Crippen LogP contribution in [0.4, 0.5) is 0 Å². The second-order valence-electron chi connectivity index (χ2n) is 3.64. The summed E-state index contributed by atoms with van der Waals surface area (Å²) in [6.07, 6.45) is 7.48. The highest BCUT2D eigenvalue weighted by Gasteiger charge is 2.21. The monoisotopic (exact) mass is 190 g/mol. The maximum atomic E-state index is 11.4. The normalized spacial score (nSPS) is 25.6. The number of nitrogens with zero attached hydrogens (tertiary/aromatic N) is 1. The van der Waals surface area contributed by atoms with E-state index >= 15 is 0 Å². The summed E-state index contributed by atoms with van der Waals surface area (Å²) < 4.78 is 20.5. The fraction of sp³-hybridized carbons (Fsp3) is 1.00. The third-order valence-electron chi connectivity index (χ3n) is 2.64. The van der Waals surface area contributed by atoms with Crippen molar-refractivity contribution in [3.8, 4) is 0 Å². The molecule has 0 aromatic heterocycles. The average molecular weight is 190 g/mol. The van der Waals surface area contributed by atoms with E-state index in [2.05, 4.69) is 0 Å². The quantitative estimate of drug-likeness (QED) is 0.709. The first-order valence-corrected chi connectivity index (χ1v) is 6.41. The van der Waals surface area contributed by atoms with Crippen molar-refractivity contribution >= 4 is 9.92 Å². The smallest absolute Gasteiger partial charge is 0.104 e. The van der Waals surface area contributed by atoms with Gasteiger partial charge in [-0.1, -0.05) is 19.3 Å². The highest BCUT2D eigenvalue weighted by Crippen LogP contribution is 2.22. The summed E-state index contributed by atoms with van der Waals surface area (Å²) >= 11 is 0.